The van der Waals surface area contributed by atoms with Gasteiger partial charge in [0.1, 0.15) is 34.9 Å². The average Bonchev–Trinajstić information content (AvgIpc) is 2.36. The van der Waals surface area contributed by atoms with Crippen LogP contribution in [0.15, 0.2) is 5.16 Å². The van der Waals surface area contributed by atoms with Crippen LogP contribution in [0.4, 0.5) is 0 Å². The van der Waals surface area contributed by atoms with E-state index in [1.54, 1.807) is 0 Å². The van der Waals surface area contributed by atoms with Crippen molar-refractivity contribution in [2.45, 2.75) is 36.8 Å². The Balaban J connectivity index is 0.00000400. The molecule has 0 unspecified atom stereocenters. The predicted molar refractivity (Wildman–Crippen MR) is 65.2 cm³/mol. The third kappa shape index (κ3) is 7.07. The smallest absolute Gasteiger partial charge is 0.714 e. The number of thioether (sulfide) groups is 1. The second-order valence-electron chi connectivity index (χ2n) is 3.91. The molecule has 1 heterocycles. The van der Waals surface area contributed by atoms with Crippen molar-refractivity contribution >= 4 is 27.2 Å². The van der Waals surface area contributed by atoms with E-state index < -0.39 is 46.9 Å². The normalized spacial score (nSPS) is 34.2. The summed E-state index contributed by atoms with van der Waals surface area (Å²) in [6.45, 7) is 0.681. The molecule has 0 aromatic carbocycles. The van der Waals surface area contributed by atoms with Crippen LogP contribution >= 0.6 is 11.8 Å². The molecule has 13 heteroatoms. The van der Waals surface area contributed by atoms with Crippen LogP contribution in [0, 0.1) is 0 Å². The number of hydrogen-bond acceptors (Lipinski definition) is 11. The maximum Gasteiger partial charge on any atom is 1.00 e. The minimum atomic E-state index is -4.99. The van der Waals surface area contributed by atoms with Gasteiger partial charge in [0.05, 0.1) is 6.61 Å². The topological polar surface area (TPSA) is 169 Å². The molecule has 1 rings (SSSR count). The molecule has 21 heavy (non-hydrogen) atoms. The van der Waals surface area contributed by atoms with Crippen molar-refractivity contribution in [1.82, 2.24) is 0 Å². The summed E-state index contributed by atoms with van der Waals surface area (Å²) in [5.74, 6) is 0. The molecule has 0 aliphatic carbocycles. The molecular weight excluding hydrogens is 357 g/mol. The fourth-order valence-corrected chi connectivity index (χ4v) is 2.62. The molecule has 5 atom stereocenters. The quantitative estimate of drug-likeness (QED) is 0.0933. The van der Waals surface area contributed by atoms with Gasteiger partial charge in [0.15, 0.2) is 0 Å². The van der Waals surface area contributed by atoms with Crippen molar-refractivity contribution < 1.29 is 93.8 Å². The van der Waals surface area contributed by atoms with E-state index in [0.717, 1.165) is 0 Å². The molecular formula is C8H14KNO9S2. The molecule has 1 aliphatic heterocycles. The Morgan fingerprint density at radius 1 is 1.33 bits per heavy atom. The van der Waals surface area contributed by atoms with E-state index in [4.69, 9.17) is 9.84 Å². The zero-order valence-corrected chi connectivity index (χ0v) is 15.9. The van der Waals surface area contributed by atoms with Crippen LogP contribution in [0.25, 0.3) is 0 Å². The molecule has 0 spiro atoms. The second-order valence-corrected chi connectivity index (χ2v) is 6.16. The number of aliphatic hydroxyl groups excluding tert-OH is 4. The third-order valence-electron chi connectivity index (χ3n) is 2.39. The van der Waals surface area contributed by atoms with E-state index in [9.17, 15) is 28.3 Å². The summed E-state index contributed by atoms with van der Waals surface area (Å²) >= 11 is 0.661. The minimum Gasteiger partial charge on any atom is -0.714 e. The second kappa shape index (κ2) is 9.46. The number of rotatable bonds is 4. The Morgan fingerprint density at radius 2 is 1.90 bits per heavy atom. The van der Waals surface area contributed by atoms with Gasteiger partial charge in [-0.1, -0.05) is 16.9 Å². The largest absolute Gasteiger partial charge is 1.00 e. The maximum absolute atomic E-state index is 10.2. The number of hydrogen-bond donors (Lipinski definition) is 4. The van der Waals surface area contributed by atoms with Crippen LogP contribution in [0.3, 0.4) is 0 Å². The van der Waals surface area contributed by atoms with E-state index in [-0.39, 0.29) is 56.4 Å². The molecule has 0 aromatic rings. The van der Waals surface area contributed by atoms with Gasteiger partial charge in [-0.05, 0) is 6.92 Å². The summed E-state index contributed by atoms with van der Waals surface area (Å²) in [5.41, 5.74) is -1.13. The van der Waals surface area contributed by atoms with Crippen LogP contribution in [0.1, 0.15) is 6.92 Å². The predicted octanol–water partition coefficient (Wildman–Crippen LogP) is -5.67. The van der Waals surface area contributed by atoms with Gasteiger partial charge in [0.2, 0.25) is 0 Å². The summed E-state index contributed by atoms with van der Waals surface area (Å²) in [7, 11) is -4.99. The summed E-state index contributed by atoms with van der Waals surface area (Å²) < 4.78 is 39.4. The van der Waals surface area contributed by atoms with E-state index in [2.05, 4.69) is 9.44 Å². The molecule has 0 radical (unpaired) electrons. The Bertz CT molecular complexity index is 457. The Morgan fingerprint density at radius 3 is 2.38 bits per heavy atom. The Labute approximate surface area is 167 Å². The SMILES string of the molecule is C/C(=N/OS(=O)(=O)[O-])S[C@@H]1O[C@H](CO)[C@@H](O)[C@H](O)[C@H]1O.[K+]. The number of ether oxygens (including phenoxy) is 1. The van der Waals surface area contributed by atoms with E-state index in [1.165, 1.54) is 6.92 Å². The van der Waals surface area contributed by atoms with Crippen LogP contribution < -0.4 is 51.4 Å². The van der Waals surface area contributed by atoms with Crippen molar-refractivity contribution in [2.75, 3.05) is 6.61 Å². The summed E-state index contributed by atoms with van der Waals surface area (Å²) in [6, 6.07) is 0. The van der Waals surface area contributed by atoms with Crippen molar-refractivity contribution in [1.29, 1.82) is 0 Å². The standard InChI is InChI=1S/C8H15NO9S2.K/c1-3(9-18-20(14,15)16)19-8-7(13)6(12)5(11)4(2-10)17-8;/h4-8,10-13H,2H2,1H3,(H,14,15,16);/q;+1/p-1/b9-3-;/t4-,5-,6+,7-,8+;/m1./s1. The van der Waals surface area contributed by atoms with Crippen molar-refractivity contribution in [2.24, 2.45) is 5.16 Å². The van der Waals surface area contributed by atoms with Crippen molar-refractivity contribution in [3.8, 4) is 0 Å². The van der Waals surface area contributed by atoms with Crippen LogP contribution in [-0.4, -0.2) is 74.9 Å². The Kier molecular flexibility index (Phi) is 9.98. The molecule has 1 saturated heterocycles. The van der Waals surface area contributed by atoms with E-state index in [1.807, 2.05) is 0 Å². The molecule has 0 amide bonds. The van der Waals surface area contributed by atoms with Gasteiger partial charge in [0.25, 0.3) is 10.4 Å². The molecule has 118 valence electrons. The third-order valence-corrected chi connectivity index (χ3v) is 3.69. The van der Waals surface area contributed by atoms with Crippen molar-refractivity contribution in [3.63, 3.8) is 0 Å². The van der Waals surface area contributed by atoms with Gasteiger partial charge < -0.3 is 29.7 Å². The zero-order valence-electron chi connectivity index (χ0n) is 11.2. The van der Waals surface area contributed by atoms with Crippen molar-refractivity contribution in [3.05, 3.63) is 0 Å². The molecule has 0 aromatic heterocycles. The average molecular weight is 371 g/mol. The first-order chi connectivity index (χ1) is 9.15. The number of oxime groups is 1. The van der Waals surface area contributed by atoms with E-state index in [0.29, 0.717) is 11.8 Å². The fourth-order valence-electron chi connectivity index (χ4n) is 1.45. The molecule has 1 fully saturated rings. The zero-order chi connectivity index (χ0) is 15.5. The van der Waals surface area contributed by atoms with Gasteiger partial charge in [-0.15, -0.1) is 0 Å². The van der Waals surface area contributed by atoms with Crippen LogP contribution in [-0.2, 0) is 19.4 Å². The number of nitrogens with zero attached hydrogens (tertiary/aromatic N) is 1. The van der Waals surface area contributed by atoms with Gasteiger partial charge in [-0.3, -0.25) is 4.28 Å². The Hall–Kier alpha value is 1.17. The van der Waals surface area contributed by atoms with E-state index >= 15 is 0 Å². The molecule has 0 bridgehead atoms. The minimum absolute atomic E-state index is 0. The molecule has 0 saturated carbocycles. The first kappa shape index (κ1) is 22.2. The maximum atomic E-state index is 10.2. The van der Waals surface area contributed by atoms with Crippen LogP contribution in [0.5, 0.6) is 0 Å². The first-order valence-corrected chi connectivity index (χ1v) is 7.53. The molecule has 4 N–H and O–H groups in total. The van der Waals surface area contributed by atoms with Gasteiger partial charge in [0, 0.05) is 0 Å². The van der Waals surface area contributed by atoms with Crippen LogP contribution in [0.2, 0.25) is 0 Å². The fraction of sp³-hybridized carbons (Fsp3) is 0.875. The summed E-state index contributed by atoms with van der Waals surface area (Å²) in [5, 5.41) is 40.6. The van der Waals surface area contributed by atoms with Gasteiger partial charge in [-0.25, -0.2) is 0 Å². The summed E-state index contributed by atoms with van der Waals surface area (Å²) in [4.78, 5) is 0. The summed E-state index contributed by atoms with van der Waals surface area (Å²) in [6.07, 6.45) is -5.66. The number of aliphatic hydroxyl groups is 4. The molecule has 1 aliphatic rings. The van der Waals surface area contributed by atoms with Gasteiger partial charge in [-0.2, -0.15) is 8.42 Å². The first-order valence-electron chi connectivity index (χ1n) is 5.32. The molecule has 10 nitrogen and oxygen atoms in total. The monoisotopic (exact) mass is 371 g/mol. The van der Waals surface area contributed by atoms with Gasteiger partial charge >= 0.3 is 51.4 Å².